The fourth-order valence-corrected chi connectivity index (χ4v) is 2.87. The number of benzene rings is 1. The molecular formula is C16H24ClNO2. The van der Waals surface area contributed by atoms with Crippen LogP contribution >= 0.6 is 12.4 Å². The van der Waals surface area contributed by atoms with Crippen molar-refractivity contribution in [3.05, 3.63) is 35.9 Å². The normalized spacial score (nSPS) is 19.3. The lowest BCUT2D eigenvalue weighted by atomic mass is 9.90. The van der Waals surface area contributed by atoms with Gasteiger partial charge < -0.3 is 10.0 Å². The fourth-order valence-electron chi connectivity index (χ4n) is 2.87. The van der Waals surface area contributed by atoms with Crippen molar-refractivity contribution >= 4 is 18.4 Å². The molecule has 1 fully saturated rings. The van der Waals surface area contributed by atoms with Crippen LogP contribution in [-0.2, 0) is 4.79 Å². The summed E-state index contributed by atoms with van der Waals surface area (Å²) in [6.07, 6.45) is 4.61. The maximum atomic E-state index is 10.5. The first kappa shape index (κ1) is 17.0. The molecule has 2 rings (SSSR count). The van der Waals surface area contributed by atoms with Crippen LogP contribution in [0.2, 0.25) is 0 Å². The molecule has 1 aromatic rings. The molecule has 0 radical (unpaired) electrons. The maximum absolute atomic E-state index is 10.5. The van der Waals surface area contributed by atoms with Crippen LogP contribution in [0.1, 0.15) is 43.6 Å². The second kappa shape index (κ2) is 8.98. The Balaban J connectivity index is 0.00000200. The van der Waals surface area contributed by atoms with E-state index in [0.29, 0.717) is 12.3 Å². The van der Waals surface area contributed by atoms with E-state index in [4.69, 9.17) is 5.11 Å². The lowest BCUT2D eigenvalue weighted by Crippen LogP contribution is -2.35. The van der Waals surface area contributed by atoms with Crippen LogP contribution in [0, 0.1) is 0 Å². The summed E-state index contributed by atoms with van der Waals surface area (Å²) in [5, 5.41) is 8.63. The molecule has 1 aliphatic heterocycles. The minimum atomic E-state index is -0.680. The number of hydrogen-bond donors (Lipinski definition) is 1. The van der Waals surface area contributed by atoms with Gasteiger partial charge in [-0.25, -0.2) is 0 Å². The van der Waals surface area contributed by atoms with E-state index in [1.54, 1.807) is 0 Å². The zero-order valence-electron chi connectivity index (χ0n) is 11.8. The van der Waals surface area contributed by atoms with E-state index in [1.165, 1.54) is 18.4 Å². The summed E-state index contributed by atoms with van der Waals surface area (Å²) in [5.74, 6) is -0.0322. The van der Waals surface area contributed by atoms with Gasteiger partial charge in [-0.2, -0.15) is 0 Å². The monoisotopic (exact) mass is 297 g/mol. The van der Waals surface area contributed by atoms with Gasteiger partial charge in [0.2, 0.25) is 0 Å². The quantitative estimate of drug-likeness (QED) is 0.817. The van der Waals surface area contributed by atoms with Crippen LogP contribution in [0.25, 0.3) is 0 Å². The number of carbonyl (C=O) groups is 1. The highest BCUT2D eigenvalue weighted by Gasteiger charge is 2.20. The van der Waals surface area contributed by atoms with E-state index in [9.17, 15) is 4.79 Å². The molecule has 0 aliphatic carbocycles. The third kappa shape index (κ3) is 5.51. The van der Waals surface area contributed by atoms with Crippen molar-refractivity contribution in [1.82, 2.24) is 4.90 Å². The molecule has 20 heavy (non-hydrogen) atoms. The molecule has 1 aliphatic rings. The van der Waals surface area contributed by atoms with E-state index >= 15 is 0 Å². The van der Waals surface area contributed by atoms with Gasteiger partial charge in [-0.3, -0.25) is 4.79 Å². The summed E-state index contributed by atoms with van der Waals surface area (Å²) in [6.45, 7) is 3.32. The van der Waals surface area contributed by atoms with E-state index in [0.717, 1.165) is 32.5 Å². The fraction of sp³-hybridized carbons (Fsp3) is 0.562. The van der Waals surface area contributed by atoms with E-state index in [2.05, 4.69) is 35.2 Å². The third-order valence-corrected chi connectivity index (χ3v) is 3.89. The molecule has 0 aromatic heterocycles. The number of likely N-dealkylation sites (tertiary alicyclic amines) is 1. The Morgan fingerprint density at radius 1 is 1.25 bits per heavy atom. The zero-order valence-corrected chi connectivity index (χ0v) is 12.6. The molecule has 4 heteroatoms. The summed E-state index contributed by atoms with van der Waals surface area (Å²) < 4.78 is 0. The Labute approximate surface area is 127 Å². The Kier molecular flexibility index (Phi) is 7.63. The van der Waals surface area contributed by atoms with Crippen molar-refractivity contribution in [2.24, 2.45) is 0 Å². The molecule has 112 valence electrons. The van der Waals surface area contributed by atoms with Gasteiger partial charge >= 0.3 is 5.97 Å². The first-order valence-corrected chi connectivity index (χ1v) is 7.25. The summed E-state index contributed by atoms with van der Waals surface area (Å²) in [4.78, 5) is 13.0. The highest BCUT2D eigenvalue weighted by molar-refractivity contribution is 5.85. The largest absolute Gasteiger partial charge is 0.481 e. The van der Waals surface area contributed by atoms with Crippen LogP contribution in [-0.4, -0.2) is 35.6 Å². The lowest BCUT2D eigenvalue weighted by Gasteiger charge is -2.33. The lowest BCUT2D eigenvalue weighted by molar-refractivity contribution is -0.137. The number of nitrogens with zero attached hydrogens (tertiary/aromatic N) is 1. The molecular weight excluding hydrogens is 274 g/mol. The van der Waals surface area contributed by atoms with Crippen molar-refractivity contribution in [2.75, 3.05) is 19.6 Å². The summed E-state index contributed by atoms with van der Waals surface area (Å²) >= 11 is 0. The molecule has 1 N–H and O–H groups in total. The molecule has 0 saturated carbocycles. The van der Waals surface area contributed by atoms with Crippen LogP contribution in [0.15, 0.2) is 30.3 Å². The number of piperidine rings is 1. The van der Waals surface area contributed by atoms with Crippen molar-refractivity contribution in [3.63, 3.8) is 0 Å². The topological polar surface area (TPSA) is 40.5 Å². The maximum Gasteiger partial charge on any atom is 0.303 e. The number of carboxylic acids is 1. The molecule has 0 spiro atoms. The van der Waals surface area contributed by atoms with Gasteiger partial charge in [-0.05, 0) is 50.3 Å². The summed E-state index contributed by atoms with van der Waals surface area (Å²) in [5.41, 5.74) is 1.44. The minimum Gasteiger partial charge on any atom is -0.481 e. The smallest absolute Gasteiger partial charge is 0.303 e. The number of halogens is 1. The molecule has 1 aromatic carbocycles. The van der Waals surface area contributed by atoms with E-state index in [1.807, 2.05) is 0 Å². The SMILES string of the molecule is Cl.O=C(O)CCCCN1CCCC(c2ccccc2)C1. The van der Waals surface area contributed by atoms with Gasteiger partial charge in [-0.15, -0.1) is 12.4 Å². The number of unbranched alkanes of at least 4 members (excludes halogenated alkanes) is 1. The zero-order chi connectivity index (χ0) is 13.5. The summed E-state index contributed by atoms with van der Waals surface area (Å²) in [7, 11) is 0. The highest BCUT2D eigenvalue weighted by Crippen LogP contribution is 2.26. The van der Waals surface area contributed by atoms with E-state index < -0.39 is 5.97 Å². The number of rotatable bonds is 6. The second-order valence-corrected chi connectivity index (χ2v) is 5.40. The van der Waals surface area contributed by atoms with Crippen LogP contribution < -0.4 is 0 Å². The molecule has 0 bridgehead atoms. The van der Waals surface area contributed by atoms with Gasteiger partial charge in [0.05, 0.1) is 0 Å². The Morgan fingerprint density at radius 3 is 2.70 bits per heavy atom. The molecule has 1 unspecified atom stereocenters. The van der Waals surface area contributed by atoms with Gasteiger partial charge in [0.15, 0.2) is 0 Å². The van der Waals surface area contributed by atoms with E-state index in [-0.39, 0.29) is 12.4 Å². The van der Waals surface area contributed by atoms with Gasteiger partial charge in [-0.1, -0.05) is 30.3 Å². The molecule has 3 nitrogen and oxygen atoms in total. The summed E-state index contributed by atoms with van der Waals surface area (Å²) in [6, 6.07) is 10.7. The number of aliphatic carboxylic acids is 1. The molecule has 1 atom stereocenters. The average Bonchev–Trinajstić information content (AvgIpc) is 2.45. The average molecular weight is 298 g/mol. The Bertz CT molecular complexity index is 397. The van der Waals surface area contributed by atoms with Gasteiger partial charge in [0.1, 0.15) is 0 Å². The van der Waals surface area contributed by atoms with Crippen molar-refractivity contribution < 1.29 is 9.90 Å². The van der Waals surface area contributed by atoms with Crippen molar-refractivity contribution in [3.8, 4) is 0 Å². The number of hydrogen-bond acceptors (Lipinski definition) is 2. The van der Waals surface area contributed by atoms with Crippen LogP contribution in [0.5, 0.6) is 0 Å². The standard InChI is InChI=1S/C16H23NO2.ClH/c18-16(19)10-4-5-11-17-12-6-9-15(13-17)14-7-2-1-3-8-14;/h1-3,7-8,15H,4-6,9-13H2,(H,18,19);1H. The van der Waals surface area contributed by atoms with Crippen LogP contribution in [0.4, 0.5) is 0 Å². The predicted molar refractivity (Wildman–Crippen MR) is 83.6 cm³/mol. The van der Waals surface area contributed by atoms with Gasteiger partial charge in [0, 0.05) is 13.0 Å². The Morgan fingerprint density at radius 2 is 2.00 bits per heavy atom. The van der Waals surface area contributed by atoms with Gasteiger partial charge in [0.25, 0.3) is 0 Å². The first-order valence-electron chi connectivity index (χ1n) is 7.25. The highest BCUT2D eigenvalue weighted by atomic mass is 35.5. The predicted octanol–water partition coefficient (Wildman–Crippen LogP) is 3.54. The van der Waals surface area contributed by atoms with Crippen molar-refractivity contribution in [2.45, 2.75) is 38.0 Å². The second-order valence-electron chi connectivity index (χ2n) is 5.40. The Hall–Kier alpha value is -1.06. The third-order valence-electron chi connectivity index (χ3n) is 3.89. The minimum absolute atomic E-state index is 0. The first-order chi connectivity index (χ1) is 9.25. The van der Waals surface area contributed by atoms with Crippen LogP contribution in [0.3, 0.4) is 0 Å². The molecule has 1 saturated heterocycles. The molecule has 1 heterocycles. The number of carboxylic acid groups (broad SMARTS) is 1. The van der Waals surface area contributed by atoms with Crippen molar-refractivity contribution in [1.29, 1.82) is 0 Å². The molecule has 0 amide bonds.